The van der Waals surface area contributed by atoms with Gasteiger partial charge in [0.1, 0.15) is 11.5 Å². The van der Waals surface area contributed by atoms with Crippen LogP contribution >= 0.6 is 0 Å². The van der Waals surface area contributed by atoms with Crippen molar-refractivity contribution >= 4 is 5.78 Å². The molecule has 0 bridgehead atoms. The molecule has 1 aliphatic rings. The molecule has 0 saturated carbocycles. The summed E-state index contributed by atoms with van der Waals surface area (Å²) in [7, 11) is 0. The zero-order valence-corrected chi connectivity index (χ0v) is 14.2. The van der Waals surface area contributed by atoms with E-state index in [-0.39, 0.29) is 11.5 Å². The number of hydrogen-bond donors (Lipinski definition) is 1. The maximum absolute atomic E-state index is 14.2. The monoisotopic (exact) mass is 392 g/mol. The fourth-order valence-corrected chi connectivity index (χ4v) is 2.92. The zero-order chi connectivity index (χ0) is 19.9. The number of hydrogen-bond acceptors (Lipinski definition) is 6. The minimum Gasteiger partial charge on any atom is -0.311 e. The van der Waals surface area contributed by atoms with Crippen molar-refractivity contribution in [3.63, 3.8) is 0 Å². The molecule has 0 atom stereocenters. The lowest BCUT2D eigenvalue weighted by Gasteiger charge is -2.12. The summed E-state index contributed by atoms with van der Waals surface area (Å²) in [6, 6.07) is 2.54. The third kappa shape index (κ3) is 3.13. The molecule has 0 saturated heterocycles. The summed E-state index contributed by atoms with van der Waals surface area (Å²) < 4.78 is 54.2. The number of carbonyl (C=O) groups is 1. The fraction of sp³-hybridized carbons (Fsp3) is 0.235. The van der Waals surface area contributed by atoms with Crippen molar-refractivity contribution in [2.75, 3.05) is 6.54 Å². The summed E-state index contributed by atoms with van der Waals surface area (Å²) in [5, 5.41) is 11.2. The highest BCUT2D eigenvalue weighted by Crippen LogP contribution is 2.32. The third-order valence-corrected chi connectivity index (χ3v) is 4.31. The topological polar surface area (TPSA) is 85.6 Å². The van der Waals surface area contributed by atoms with E-state index in [0.717, 1.165) is 42.5 Å². The van der Waals surface area contributed by atoms with Crippen molar-refractivity contribution in [2.45, 2.75) is 19.1 Å². The fourth-order valence-electron chi connectivity index (χ4n) is 2.92. The van der Waals surface area contributed by atoms with Crippen LogP contribution in [0.2, 0.25) is 0 Å². The number of halogens is 4. The minimum absolute atomic E-state index is 0.141. The van der Waals surface area contributed by atoms with Gasteiger partial charge in [0.15, 0.2) is 5.78 Å². The largest absolute Gasteiger partial charge is 0.419 e. The first-order chi connectivity index (χ1) is 13.4. The number of rotatable bonds is 3. The van der Waals surface area contributed by atoms with Gasteiger partial charge < -0.3 is 5.32 Å². The molecule has 144 valence electrons. The van der Waals surface area contributed by atoms with Gasteiger partial charge in [-0.2, -0.15) is 17.9 Å². The Kier molecular flexibility index (Phi) is 4.38. The van der Waals surface area contributed by atoms with Gasteiger partial charge in [0.2, 0.25) is 0 Å². The van der Waals surface area contributed by atoms with E-state index in [0.29, 0.717) is 19.0 Å². The molecule has 28 heavy (non-hydrogen) atoms. The van der Waals surface area contributed by atoms with E-state index >= 15 is 0 Å². The van der Waals surface area contributed by atoms with E-state index in [2.05, 4.69) is 25.6 Å². The van der Waals surface area contributed by atoms with Gasteiger partial charge in [-0.1, -0.05) is 11.3 Å². The molecule has 1 N–H and O–H groups in total. The van der Waals surface area contributed by atoms with Crippen LogP contribution in [0, 0.1) is 5.82 Å². The number of alkyl halides is 3. The average Bonchev–Trinajstić information content (AvgIpc) is 3.11. The average molecular weight is 392 g/mol. The minimum atomic E-state index is -4.90. The van der Waals surface area contributed by atoms with Gasteiger partial charge >= 0.3 is 6.18 Å². The van der Waals surface area contributed by atoms with Gasteiger partial charge in [0, 0.05) is 31.9 Å². The van der Waals surface area contributed by atoms with E-state index in [1.165, 1.54) is 4.68 Å². The zero-order valence-electron chi connectivity index (χ0n) is 14.2. The molecule has 0 spiro atoms. The van der Waals surface area contributed by atoms with Gasteiger partial charge in [-0.25, -0.2) is 14.4 Å². The molecule has 1 aromatic carbocycles. The molecule has 3 aromatic rings. The summed E-state index contributed by atoms with van der Waals surface area (Å²) >= 11 is 0. The Balaban J connectivity index is 1.65. The highest BCUT2D eigenvalue weighted by Gasteiger charge is 2.35. The van der Waals surface area contributed by atoms with Crippen molar-refractivity contribution in [1.29, 1.82) is 0 Å². The maximum Gasteiger partial charge on any atom is 0.419 e. The number of carbonyl (C=O) groups excluding carboxylic acids is 1. The van der Waals surface area contributed by atoms with E-state index < -0.39 is 28.9 Å². The number of fused-ring (bicyclic) bond motifs is 1. The predicted octanol–water partition coefficient (Wildman–Crippen LogP) is 2.09. The number of ketones is 1. The first-order valence-electron chi connectivity index (χ1n) is 8.23. The number of nitrogens with one attached hydrogen (secondary N) is 1. The Morgan fingerprint density at radius 1 is 1.18 bits per heavy atom. The lowest BCUT2D eigenvalue weighted by molar-refractivity contribution is -0.140. The van der Waals surface area contributed by atoms with E-state index in [4.69, 9.17) is 0 Å². The Morgan fingerprint density at radius 3 is 2.64 bits per heavy atom. The van der Waals surface area contributed by atoms with Crippen molar-refractivity contribution in [1.82, 2.24) is 30.3 Å². The summed E-state index contributed by atoms with van der Waals surface area (Å²) in [5.74, 6) is -2.40. The van der Waals surface area contributed by atoms with Gasteiger partial charge in [0.05, 0.1) is 22.4 Å². The molecular weight excluding hydrogens is 380 g/mol. The van der Waals surface area contributed by atoms with Crippen molar-refractivity contribution in [3.05, 3.63) is 64.5 Å². The van der Waals surface area contributed by atoms with Crippen molar-refractivity contribution in [2.24, 2.45) is 0 Å². The molecular formula is C17H12F4N6O. The molecule has 0 radical (unpaired) electrons. The second kappa shape index (κ2) is 6.75. The molecule has 0 fully saturated rings. The SMILES string of the molecule is O=C(c1cnc(-n2nnc3c2CCNC3)nc1)c1cccc(C(F)(F)F)c1F. The smallest absolute Gasteiger partial charge is 0.311 e. The lowest BCUT2D eigenvalue weighted by atomic mass is 10.0. The second-order valence-corrected chi connectivity index (χ2v) is 6.09. The standard InChI is InChI=1S/C17H12F4N6O/c18-14-10(2-1-3-11(14)17(19,20)21)15(28)9-6-23-16(24-7-9)27-13-4-5-22-8-12(13)25-26-27/h1-3,6-7,22H,4-5,8H2. The van der Waals surface area contributed by atoms with Gasteiger partial charge in [-0.3, -0.25) is 4.79 Å². The molecule has 1 aliphatic heterocycles. The van der Waals surface area contributed by atoms with E-state index in [1.54, 1.807) is 0 Å². The molecule has 0 amide bonds. The Bertz CT molecular complexity index is 1040. The van der Waals surface area contributed by atoms with Crippen LogP contribution in [0.1, 0.15) is 32.9 Å². The van der Waals surface area contributed by atoms with Crippen LogP contribution in [0.3, 0.4) is 0 Å². The first kappa shape index (κ1) is 18.2. The molecule has 0 aliphatic carbocycles. The number of nitrogens with zero attached hydrogens (tertiary/aromatic N) is 5. The van der Waals surface area contributed by atoms with Crippen LogP contribution in [0.15, 0.2) is 30.6 Å². The third-order valence-electron chi connectivity index (χ3n) is 4.31. The summed E-state index contributed by atoms with van der Waals surface area (Å²) in [5.41, 5.74) is -0.741. The van der Waals surface area contributed by atoms with Gasteiger partial charge in [0.25, 0.3) is 5.95 Å². The van der Waals surface area contributed by atoms with Crippen molar-refractivity contribution in [3.8, 4) is 5.95 Å². The first-order valence-corrected chi connectivity index (χ1v) is 8.23. The second-order valence-electron chi connectivity index (χ2n) is 6.09. The Hall–Kier alpha value is -3.21. The highest BCUT2D eigenvalue weighted by molar-refractivity contribution is 6.08. The summed E-state index contributed by atoms with van der Waals surface area (Å²) in [4.78, 5) is 20.5. The van der Waals surface area contributed by atoms with Crippen LogP contribution in [0.4, 0.5) is 17.6 Å². The Labute approximate surface area is 155 Å². The van der Waals surface area contributed by atoms with Crippen molar-refractivity contribution < 1.29 is 22.4 Å². The van der Waals surface area contributed by atoms with E-state index in [1.807, 2.05) is 0 Å². The van der Waals surface area contributed by atoms with Crippen LogP contribution in [-0.2, 0) is 19.1 Å². The molecule has 3 heterocycles. The quantitative estimate of drug-likeness (QED) is 0.543. The van der Waals surface area contributed by atoms with Crippen LogP contribution in [-0.4, -0.2) is 37.3 Å². The molecule has 4 rings (SSSR count). The molecule has 11 heteroatoms. The maximum atomic E-state index is 14.2. The number of benzene rings is 1. The van der Waals surface area contributed by atoms with Crippen LogP contribution in [0.5, 0.6) is 0 Å². The highest BCUT2D eigenvalue weighted by atomic mass is 19.4. The normalized spacial score (nSPS) is 14.0. The van der Waals surface area contributed by atoms with Crippen LogP contribution < -0.4 is 5.32 Å². The van der Waals surface area contributed by atoms with Crippen LogP contribution in [0.25, 0.3) is 5.95 Å². The predicted molar refractivity (Wildman–Crippen MR) is 87.2 cm³/mol. The van der Waals surface area contributed by atoms with Gasteiger partial charge in [-0.15, -0.1) is 5.10 Å². The number of aromatic nitrogens is 5. The molecule has 0 unspecified atom stereocenters. The van der Waals surface area contributed by atoms with E-state index in [9.17, 15) is 22.4 Å². The van der Waals surface area contributed by atoms with Gasteiger partial charge in [-0.05, 0) is 12.1 Å². The summed E-state index contributed by atoms with van der Waals surface area (Å²) in [6.45, 7) is 1.31. The summed E-state index contributed by atoms with van der Waals surface area (Å²) in [6.07, 6.45) is -1.98. The molecule has 2 aromatic heterocycles. The Morgan fingerprint density at radius 2 is 1.93 bits per heavy atom. The molecule has 7 nitrogen and oxygen atoms in total. The lowest BCUT2D eigenvalue weighted by Crippen LogP contribution is -2.25.